The number of benzene rings is 2. The molecule has 2 rings (SSSR count). The maximum atomic E-state index is 5.30. The summed E-state index contributed by atoms with van der Waals surface area (Å²) in [5, 5.41) is 7.08. The van der Waals surface area contributed by atoms with Gasteiger partial charge in [0, 0.05) is 32.0 Å². The van der Waals surface area contributed by atoms with Crippen LogP contribution in [0.4, 0.5) is 11.4 Å². The zero-order valence-electron chi connectivity index (χ0n) is 12.5. The van der Waals surface area contributed by atoms with Crippen molar-refractivity contribution in [2.24, 2.45) is 0 Å². The molecule has 2 aromatic carbocycles. The van der Waals surface area contributed by atoms with Crippen molar-refractivity contribution in [3.8, 4) is 0 Å². The fourth-order valence-corrected chi connectivity index (χ4v) is 2.20. The number of nitrogens with zero attached hydrogens (tertiary/aromatic N) is 1. The van der Waals surface area contributed by atoms with Gasteiger partial charge in [-0.3, -0.25) is 0 Å². The van der Waals surface area contributed by atoms with Gasteiger partial charge in [-0.15, -0.1) is 0 Å². The summed E-state index contributed by atoms with van der Waals surface area (Å²) in [5.41, 5.74) is 3.48. The van der Waals surface area contributed by atoms with Crippen LogP contribution < -0.4 is 15.5 Å². The van der Waals surface area contributed by atoms with E-state index in [1.165, 1.54) is 11.3 Å². The third-order valence-electron chi connectivity index (χ3n) is 3.18. The first-order valence-electron chi connectivity index (χ1n) is 7.01. The smallest absolute Gasteiger partial charge is 0.170 e. The van der Waals surface area contributed by atoms with Gasteiger partial charge in [0.25, 0.3) is 0 Å². The van der Waals surface area contributed by atoms with E-state index in [-0.39, 0.29) is 0 Å². The van der Waals surface area contributed by atoms with Gasteiger partial charge in [-0.25, -0.2) is 0 Å². The third kappa shape index (κ3) is 5.08. The van der Waals surface area contributed by atoms with E-state index in [1.807, 2.05) is 32.3 Å². The van der Waals surface area contributed by atoms with Crippen molar-refractivity contribution in [1.29, 1.82) is 0 Å². The van der Waals surface area contributed by atoms with Crippen LogP contribution in [0.15, 0.2) is 54.6 Å². The second-order valence-corrected chi connectivity index (χ2v) is 5.47. The monoisotopic (exact) mass is 299 g/mol. The average molecular weight is 299 g/mol. The maximum Gasteiger partial charge on any atom is 0.170 e. The van der Waals surface area contributed by atoms with Gasteiger partial charge in [0.1, 0.15) is 0 Å². The molecule has 0 unspecified atom stereocenters. The topological polar surface area (TPSA) is 27.3 Å². The summed E-state index contributed by atoms with van der Waals surface area (Å²) >= 11 is 5.30. The van der Waals surface area contributed by atoms with E-state index < -0.39 is 0 Å². The van der Waals surface area contributed by atoms with E-state index >= 15 is 0 Å². The van der Waals surface area contributed by atoms with Gasteiger partial charge in [-0.1, -0.05) is 30.3 Å². The van der Waals surface area contributed by atoms with Crippen molar-refractivity contribution in [2.75, 3.05) is 30.9 Å². The standard InChI is InChI=1S/C17H21N3S/c1-20(2)16-10-8-15(9-11-16)19-17(21)18-13-12-14-6-4-3-5-7-14/h3-11H,12-13H2,1-2H3,(H2,18,19,21). The first-order chi connectivity index (χ1) is 10.1. The van der Waals surface area contributed by atoms with Gasteiger partial charge in [0.2, 0.25) is 0 Å². The van der Waals surface area contributed by atoms with Crippen molar-refractivity contribution in [3.05, 3.63) is 60.2 Å². The molecule has 0 saturated carbocycles. The fraction of sp³-hybridized carbons (Fsp3) is 0.235. The molecule has 2 aromatic rings. The lowest BCUT2D eigenvalue weighted by Crippen LogP contribution is -2.30. The minimum absolute atomic E-state index is 0.656. The van der Waals surface area contributed by atoms with Crippen molar-refractivity contribution >= 4 is 28.7 Å². The highest BCUT2D eigenvalue weighted by Gasteiger charge is 1.99. The molecule has 0 aliphatic heterocycles. The summed E-state index contributed by atoms with van der Waals surface area (Å²) < 4.78 is 0. The van der Waals surface area contributed by atoms with Crippen LogP contribution in [-0.4, -0.2) is 25.8 Å². The van der Waals surface area contributed by atoms with Gasteiger partial charge >= 0.3 is 0 Å². The minimum atomic E-state index is 0.656. The SMILES string of the molecule is CN(C)c1ccc(NC(=S)NCCc2ccccc2)cc1. The molecule has 21 heavy (non-hydrogen) atoms. The second kappa shape index (κ2) is 7.64. The Hall–Kier alpha value is -2.07. The molecule has 0 heterocycles. The zero-order chi connectivity index (χ0) is 15.1. The Kier molecular flexibility index (Phi) is 5.58. The number of thiocarbonyl (C=S) groups is 1. The van der Waals surface area contributed by atoms with Gasteiger partial charge < -0.3 is 15.5 Å². The van der Waals surface area contributed by atoms with Crippen molar-refractivity contribution in [1.82, 2.24) is 5.32 Å². The van der Waals surface area contributed by atoms with Crippen LogP contribution in [0, 0.1) is 0 Å². The summed E-state index contributed by atoms with van der Waals surface area (Å²) in [4.78, 5) is 2.07. The van der Waals surface area contributed by atoms with Crippen molar-refractivity contribution in [2.45, 2.75) is 6.42 Å². The van der Waals surface area contributed by atoms with Gasteiger partial charge in [-0.2, -0.15) is 0 Å². The van der Waals surface area contributed by atoms with Crippen LogP contribution in [0.5, 0.6) is 0 Å². The fourth-order valence-electron chi connectivity index (χ4n) is 1.98. The Bertz CT molecular complexity index is 564. The molecule has 0 bridgehead atoms. The molecule has 2 N–H and O–H groups in total. The molecule has 0 fully saturated rings. The predicted octanol–water partition coefficient (Wildman–Crippen LogP) is 3.28. The van der Waals surface area contributed by atoms with Gasteiger partial charge in [-0.05, 0) is 48.5 Å². The Morgan fingerprint density at radius 1 is 1.00 bits per heavy atom. The second-order valence-electron chi connectivity index (χ2n) is 5.06. The van der Waals surface area contributed by atoms with Crippen LogP contribution in [-0.2, 0) is 6.42 Å². The van der Waals surface area contributed by atoms with E-state index in [0.717, 1.165) is 18.7 Å². The van der Waals surface area contributed by atoms with Crippen LogP contribution in [0.25, 0.3) is 0 Å². The highest BCUT2D eigenvalue weighted by atomic mass is 32.1. The molecule has 0 atom stereocenters. The quantitative estimate of drug-likeness (QED) is 0.829. The van der Waals surface area contributed by atoms with E-state index in [0.29, 0.717) is 5.11 Å². The van der Waals surface area contributed by atoms with E-state index in [4.69, 9.17) is 12.2 Å². The summed E-state index contributed by atoms with van der Waals surface area (Å²) in [7, 11) is 4.05. The molecule has 0 saturated heterocycles. The molecule has 4 heteroatoms. The molecule has 0 aliphatic carbocycles. The van der Waals surface area contributed by atoms with Crippen molar-refractivity contribution < 1.29 is 0 Å². The Balaban J connectivity index is 1.76. The Labute approximate surface area is 132 Å². The van der Waals surface area contributed by atoms with E-state index in [2.05, 4.69) is 51.9 Å². The normalized spacial score (nSPS) is 10.0. The van der Waals surface area contributed by atoms with Crippen LogP contribution >= 0.6 is 12.2 Å². The van der Waals surface area contributed by atoms with Crippen LogP contribution in [0.2, 0.25) is 0 Å². The number of nitrogens with one attached hydrogen (secondary N) is 2. The zero-order valence-corrected chi connectivity index (χ0v) is 13.3. The lowest BCUT2D eigenvalue weighted by Gasteiger charge is -2.14. The molecule has 0 spiro atoms. The Morgan fingerprint density at radius 3 is 2.29 bits per heavy atom. The molecule has 0 aliphatic rings. The molecule has 0 amide bonds. The minimum Gasteiger partial charge on any atom is -0.378 e. The number of rotatable bonds is 5. The van der Waals surface area contributed by atoms with E-state index in [9.17, 15) is 0 Å². The molecule has 110 valence electrons. The molecule has 3 nitrogen and oxygen atoms in total. The van der Waals surface area contributed by atoms with Crippen LogP contribution in [0.3, 0.4) is 0 Å². The molecular formula is C17H21N3S. The first kappa shape index (κ1) is 15.3. The van der Waals surface area contributed by atoms with Crippen LogP contribution in [0.1, 0.15) is 5.56 Å². The largest absolute Gasteiger partial charge is 0.378 e. The van der Waals surface area contributed by atoms with Gasteiger partial charge in [0.05, 0.1) is 0 Å². The lowest BCUT2D eigenvalue weighted by molar-refractivity contribution is 0.873. The molecule has 0 radical (unpaired) electrons. The third-order valence-corrected chi connectivity index (χ3v) is 3.43. The first-order valence-corrected chi connectivity index (χ1v) is 7.42. The Morgan fingerprint density at radius 2 is 1.67 bits per heavy atom. The van der Waals surface area contributed by atoms with Crippen molar-refractivity contribution in [3.63, 3.8) is 0 Å². The number of anilines is 2. The molecule has 0 aromatic heterocycles. The molecular weight excluding hydrogens is 278 g/mol. The van der Waals surface area contributed by atoms with Gasteiger partial charge in [0.15, 0.2) is 5.11 Å². The maximum absolute atomic E-state index is 5.30. The summed E-state index contributed by atoms with van der Waals surface area (Å²) in [5.74, 6) is 0. The summed E-state index contributed by atoms with van der Waals surface area (Å²) in [6.07, 6.45) is 0.961. The highest BCUT2D eigenvalue weighted by Crippen LogP contribution is 2.15. The predicted molar refractivity (Wildman–Crippen MR) is 95.1 cm³/mol. The average Bonchev–Trinajstić information content (AvgIpc) is 2.49. The summed E-state index contributed by atoms with van der Waals surface area (Å²) in [6, 6.07) is 18.6. The number of hydrogen-bond donors (Lipinski definition) is 2. The highest BCUT2D eigenvalue weighted by molar-refractivity contribution is 7.80. The van der Waals surface area contributed by atoms with E-state index in [1.54, 1.807) is 0 Å². The summed E-state index contributed by atoms with van der Waals surface area (Å²) in [6.45, 7) is 0.825. The lowest BCUT2D eigenvalue weighted by atomic mass is 10.1. The number of hydrogen-bond acceptors (Lipinski definition) is 2.